The summed E-state index contributed by atoms with van der Waals surface area (Å²) in [5.41, 5.74) is 2.80. The number of nitrogens with one attached hydrogen (secondary N) is 1. The molecule has 140 valence electrons. The minimum absolute atomic E-state index is 0.0662. The van der Waals surface area contributed by atoms with E-state index in [0.717, 1.165) is 15.9 Å². The molecule has 0 bridgehead atoms. The average molecular weight is 382 g/mol. The van der Waals surface area contributed by atoms with Crippen LogP contribution in [-0.2, 0) is 4.79 Å². The smallest absolute Gasteiger partial charge is 0.225 e. The number of aromatic nitrogens is 1. The number of amides is 1. The van der Waals surface area contributed by atoms with Crippen molar-refractivity contribution in [2.45, 2.75) is 18.4 Å². The van der Waals surface area contributed by atoms with Gasteiger partial charge in [0.25, 0.3) is 0 Å². The number of benzene rings is 2. The van der Waals surface area contributed by atoms with E-state index in [1.165, 1.54) is 5.56 Å². The summed E-state index contributed by atoms with van der Waals surface area (Å²) in [6, 6.07) is 15.5. The summed E-state index contributed by atoms with van der Waals surface area (Å²) in [7, 11) is 3.15. The third kappa shape index (κ3) is 4.71. The molecule has 5 nitrogen and oxygen atoms in total. The van der Waals surface area contributed by atoms with E-state index < -0.39 is 0 Å². The van der Waals surface area contributed by atoms with E-state index in [4.69, 9.17) is 9.47 Å². The first kappa shape index (κ1) is 19.0. The van der Waals surface area contributed by atoms with Crippen LogP contribution in [0.5, 0.6) is 11.5 Å². The maximum atomic E-state index is 12.3. The molecule has 1 amide bonds. The van der Waals surface area contributed by atoms with Gasteiger partial charge in [0, 0.05) is 23.6 Å². The monoisotopic (exact) mass is 382 g/mol. The summed E-state index contributed by atoms with van der Waals surface area (Å²) in [6.07, 6.45) is 0.382. The van der Waals surface area contributed by atoms with E-state index in [9.17, 15) is 4.79 Å². The van der Waals surface area contributed by atoms with Crippen molar-refractivity contribution >= 4 is 34.3 Å². The number of aryl methyl sites for hydroxylation is 1. The number of nitrogens with zero attached hydrogens (tertiary/aromatic N) is 1. The molecule has 6 heteroatoms. The van der Waals surface area contributed by atoms with Crippen LogP contribution in [0.4, 0.5) is 5.69 Å². The largest absolute Gasteiger partial charge is 0.497 e. The molecule has 0 aliphatic carbocycles. The van der Waals surface area contributed by atoms with Gasteiger partial charge in [-0.1, -0.05) is 18.2 Å². The van der Waals surface area contributed by atoms with Gasteiger partial charge in [-0.2, -0.15) is 0 Å². The third-order valence-corrected chi connectivity index (χ3v) is 5.07. The summed E-state index contributed by atoms with van der Waals surface area (Å²) < 4.78 is 10.5. The second kappa shape index (κ2) is 8.77. The Morgan fingerprint density at radius 2 is 1.93 bits per heavy atom. The second-order valence-corrected chi connectivity index (χ2v) is 7.12. The van der Waals surface area contributed by atoms with Crippen molar-refractivity contribution in [3.05, 3.63) is 54.1 Å². The van der Waals surface area contributed by atoms with Crippen LogP contribution < -0.4 is 14.8 Å². The highest BCUT2D eigenvalue weighted by molar-refractivity contribution is 7.99. The predicted molar refractivity (Wildman–Crippen MR) is 110 cm³/mol. The number of hydrogen-bond donors (Lipinski definition) is 1. The third-order valence-electron chi connectivity index (χ3n) is 4.16. The molecule has 3 rings (SSSR count). The standard InChI is InChI=1S/C21H22N2O3S/c1-14-12-21(23-17-7-5-4-6-16(14)17)27-11-10-20(24)22-18-9-8-15(25-2)13-19(18)26-3/h4-9,12-13H,10-11H2,1-3H3,(H,22,24). The van der Waals surface area contributed by atoms with E-state index >= 15 is 0 Å². The number of methoxy groups -OCH3 is 2. The van der Waals surface area contributed by atoms with Crippen molar-refractivity contribution in [3.8, 4) is 11.5 Å². The fourth-order valence-corrected chi connectivity index (χ4v) is 3.67. The van der Waals surface area contributed by atoms with Gasteiger partial charge < -0.3 is 14.8 Å². The number of carbonyl (C=O) groups is 1. The fraction of sp³-hybridized carbons (Fsp3) is 0.238. The van der Waals surface area contributed by atoms with Crippen LogP contribution in [0, 0.1) is 6.92 Å². The zero-order chi connectivity index (χ0) is 19.2. The Bertz CT molecular complexity index is 959. The zero-order valence-corrected chi connectivity index (χ0v) is 16.4. The molecule has 0 aliphatic heterocycles. The molecule has 0 fully saturated rings. The summed E-state index contributed by atoms with van der Waals surface area (Å²) >= 11 is 1.58. The second-order valence-electron chi connectivity index (χ2n) is 6.01. The first-order valence-electron chi connectivity index (χ1n) is 8.62. The number of thioether (sulfide) groups is 1. The van der Waals surface area contributed by atoms with Crippen LogP contribution >= 0.6 is 11.8 Å². The molecule has 1 heterocycles. The molecule has 0 saturated carbocycles. The van der Waals surface area contributed by atoms with Crippen LogP contribution in [0.1, 0.15) is 12.0 Å². The number of ether oxygens (including phenoxy) is 2. The fourth-order valence-electron chi connectivity index (χ4n) is 2.76. The maximum absolute atomic E-state index is 12.3. The summed E-state index contributed by atoms with van der Waals surface area (Å²) in [5, 5.41) is 4.98. The Hall–Kier alpha value is -2.73. The number of carbonyl (C=O) groups excluding carboxylic acids is 1. The summed E-state index contributed by atoms with van der Waals surface area (Å²) in [5.74, 6) is 1.83. The summed E-state index contributed by atoms with van der Waals surface area (Å²) in [4.78, 5) is 16.9. The molecule has 0 unspecified atom stereocenters. The molecule has 0 atom stereocenters. The number of pyridine rings is 1. The first-order chi connectivity index (χ1) is 13.1. The molecular formula is C21H22N2O3S. The van der Waals surface area contributed by atoms with Crippen LogP contribution in [0.2, 0.25) is 0 Å². The highest BCUT2D eigenvalue weighted by atomic mass is 32.2. The average Bonchev–Trinajstić information content (AvgIpc) is 2.68. The van der Waals surface area contributed by atoms with Gasteiger partial charge in [0.1, 0.15) is 11.5 Å². The van der Waals surface area contributed by atoms with Gasteiger partial charge >= 0.3 is 0 Å². The number of hydrogen-bond acceptors (Lipinski definition) is 5. The van der Waals surface area contributed by atoms with Crippen molar-refractivity contribution in [1.82, 2.24) is 4.98 Å². The van der Waals surface area contributed by atoms with Crippen molar-refractivity contribution in [3.63, 3.8) is 0 Å². The normalized spacial score (nSPS) is 10.6. The molecule has 27 heavy (non-hydrogen) atoms. The van der Waals surface area contributed by atoms with Crippen molar-refractivity contribution in [2.75, 3.05) is 25.3 Å². The van der Waals surface area contributed by atoms with E-state index in [2.05, 4.69) is 29.4 Å². The van der Waals surface area contributed by atoms with Crippen LogP contribution in [0.3, 0.4) is 0 Å². The lowest BCUT2D eigenvalue weighted by Crippen LogP contribution is -2.13. The Balaban J connectivity index is 1.59. The Morgan fingerprint density at radius 3 is 2.70 bits per heavy atom. The Morgan fingerprint density at radius 1 is 1.11 bits per heavy atom. The van der Waals surface area contributed by atoms with E-state index in [1.54, 1.807) is 44.2 Å². The molecule has 0 spiro atoms. The topological polar surface area (TPSA) is 60.5 Å². The number of para-hydroxylation sites is 1. The van der Waals surface area contributed by atoms with Crippen LogP contribution in [0.15, 0.2) is 53.6 Å². The molecule has 0 aliphatic rings. The lowest BCUT2D eigenvalue weighted by atomic mass is 10.1. The van der Waals surface area contributed by atoms with Gasteiger partial charge in [-0.25, -0.2) is 4.98 Å². The predicted octanol–water partition coefficient (Wildman–Crippen LogP) is 4.68. The number of anilines is 1. The minimum Gasteiger partial charge on any atom is -0.497 e. The number of fused-ring (bicyclic) bond motifs is 1. The molecule has 0 radical (unpaired) electrons. The quantitative estimate of drug-likeness (QED) is 0.601. The van der Waals surface area contributed by atoms with Gasteiger partial charge in [-0.15, -0.1) is 11.8 Å². The lowest BCUT2D eigenvalue weighted by Gasteiger charge is -2.11. The van der Waals surface area contributed by atoms with Gasteiger partial charge in [0.05, 0.1) is 30.4 Å². The summed E-state index contributed by atoms with van der Waals surface area (Å²) in [6.45, 7) is 2.08. The van der Waals surface area contributed by atoms with Gasteiger partial charge in [0.2, 0.25) is 5.91 Å². The first-order valence-corrected chi connectivity index (χ1v) is 9.60. The molecule has 1 N–H and O–H groups in total. The van der Waals surface area contributed by atoms with Crippen LogP contribution in [0.25, 0.3) is 10.9 Å². The van der Waals surface area contributed by atoms with Crippen molar-refractivity contribution < 1.29 is 14.3 Å². The van der Waals surface area contributed by atoms with Crippen molar-refractivity contribution in [2.24, 2.45) is 0 Å². The Kier molecular flexibility index (Phi) is 6.19. The molecule has 0 saturated heterocycles. The van der Waals surface area contributed by atoms with Gasteiger partial charge in [-0.05, 0) is 36.8 Å². The van der Waals surface area contributed by atoms with E-state index in [-0.39, 0.29) is 5.91 Å². The van der Waals surface area contributed by atoms with Crippen LogP contribution in [-0.4, -0.2) is 30.9 Å². The SMILES string of the molecule is COc1ccc(NC(=O)CCSc2cc(C)c3ccccc3n2)c(OC)c1. The highest BCUT2D eigenvalue weighted by Gasteiger charge is 2.10. The van der Waals surface area contributed by atoms with E-state index in [1.807, 2.05) is 18.2 Å². The molecular weight excluding hydrogens is 360 g/mol. The van der Waals surface area contributed by atoms with Crippen molar-refractivity contribution in [1.29, 1.82) is 0 Å². The lowest BCUT2D eigenvalue weighted by molar-refractivity contribution is -0.115. The highest BCUT2D eigenvalue weighted by Crippen LogP contribution is 2.29. The molecule has 1 aromatic heterocycles. The molecule has 2 aromatic carbocycles. The van der Waals surface area contributed by atoms with Gasteiger partial charge in [-0.3, -0.25) is 4.79 Å². The van der Waals surface area contributed by atoms with E-state index in [0.29, 0.717) is 29.4 Å². The maximum Gasteiger partial charge on any atom is 0.225 e. The minimum atomic E-state index is -0.0662. The Labute approximate surface area is 163 Å². The molecule has 3 aromatic rings. The van der Waals surface area contributed by atoms with Gasteiger partial charge in [0.15, 0.2) is 0 Å². The number of rotatable bonds is 7. The zero-order valence-electron chi connectivity index (χ0n) is 15.6.